The van der Waals surface area contributed by atoms with Crippen molar-refractivity contribution in [3.05, 3.63) is 53.0 Å². The van der Waals surface area contributed by atoms with Crippen LogP contribution in [0.3, 0.4) is 0 Å². The normalized spacial score (nSPS) is 17.0. The molecule has 132 valence electrons. The van der Waals surface area contributed by atoms with Crippen molar-refractivity contribution in [1.82, 2.24) is 15.1 Å². The molecular formula is C18H21FN4O2. The van der Waals surface area contributed by atoms with Crippen LogP contribution in [0.1, 0.15) is 40.5 Å². The molecule has 1 aliphatic heterocycles. The summed E-state index contributed by atoms with van der Waals surface area (Å²) in [5.41, 5.74) is 1.20. The second-order valence-corrected chi connectivity index (χ2v) is 6.33. The number of carbonyl (C=O) groups is 1. The number of halogens is 1. The van der Waals surface area contributed by atoms with Crippen LogP contribution in [-0.4, -0.2) is 46.8 Å². The van der Waals surface area contributed by atoms with E-state index in [0.29, 0.717) is 6.54 Å². The summed E-state index contributed by atoms with van der Waals surface area (Å²) in [6, 6.07) is 7.78. The first-order valence-corrected chi connectivity index (χ1v) is 8.22. The third-order valence-corrected chi connectivity index (χ3v) is 4.45. The van der Waals surface area contributed by atoms with E-state index >= 15 is 0 Å². The second-order valence-electron chi connectivity index (χ2n) is 6.33. The number of hydrogen-bond donors (Lipinski definition) is 1. The fourth-order valence-electron chi connectivity index (χ4n) is 3.04. The van der Waals surface area contributed by atoms with Gasteiger partial charge in [0, 0.05) is 31.8 Å². The molecule has 2 aromatic rings. The van der Waals surface area contributed by atoms with Crippen molar-refractivity contribution in [2.45, 2.75) is 25.5 Å². The maximum atomic E-state index is 13.9. The molecule has 0 radical (unpaired) electrons. The number of anilines is 1. The molecular weight excluding hydrogens is 323 g/mol. The standard InChI is InChI=1S/C18H21FN4O2/c1-22(2)17-8-7-15(20-21-17)16-4-3-9-23(16)18(25)12-5-6-13(11-24)14(19)10-12/h5-8,10,16,24H,3-4,9,11H2,1-2H3. The summed E-state index contributed by atoms with van der Waals surface area (Å²) in [6.45, 7) is 0.213. The molecule has 1 aromatic heterocycles. The Kier molecular flexibility index (Phi) is 4.94. The van der Waals surface area contributed by atoms with E-state index in [1.165, 1.54) is 12.1 Å². The molecule has 1 fully saturated rings. The highest BCUT2D eigenvalue weighted by Crippen LogP contribution is 2.32. The molecule has 1 N–H and O–H groups in total. The van der Waals surface area contributed by atoms with Gasteiger partial charge in [-0.2, -0.15) is 5.10 Å². The SMILES string of the molecule is CN(C)c1ccc(C2CCCN2C(=O)c2ccc(CO)c(F)c2)nn1. The van der Waals surface area contributed by atoms with Gasteiger partial charge in [-0.3, -0.25) is 4.79 Å². The topological polar surface area (TPSA) is 69.6 Å². The smallest absolute Gasteiger partial charge is 0.254 e. The van der Waals surface area contributed by atoms with Crippen molar-refractivity contribution in [3.8, 4) is 0 Å². The summed E-state index contributed by atoms with van der Waals surface area (Å²) >= 11 is 0. The Balaban J connectivity index is 1.83. The molecule has 0 saturated carbocycles. The maximum Gasteiger partial charge on any atom is 0.254 e. The van der Waals surface area contributed by atoms with Crippen molar-refractivity contribution < 1.29 is 14.3 Å². The van der Waals surface area contributed by atoms with Crippen molar-refractivity contribution in [2.75, 3.05) is 25.5 Å². The van der Waals surface area contributed by atoms with Gasteiger partial charge in [-0.05, 0) is 37.1 Å². The molecule has 3 rings (SSSR count). The first-order valence-electron chi connectivity index (χ1n) is 8.22. The number of aliphatic hydroxyl groups excluding tert-OH is 1. The Bertz CT molecular complexity index is 764. The number of aliphatic hydroxyl groups is 1. The number of carbonyl (C=O) groups excluding carboxylic acids is 1. The Hall–Kier alpha value is -2.54. The van der Waals surface area contributed by atoms with Gasteiger partial charge in [0.15, 0.2) is 5.82 Å². The molecule has 1 aliphatic rings. The lowest BCUT2D eigenvalue weighted by Gasteiger charge is -2.24. The molecule has 7 heteroatoms. The number of nitrogens with zero attached hydrogens (tertiary/aromatic N) is 4. The van der Waals surface area contributed by atoms with Gasteiger partial charge in [0.1, 0.15) is 5.82 Å². The number of benzene rings is 1. The fourth-order valence-corrected chi connectivity index (χ4v) is 3.04. The Morgan fingerprint density at radius 3 is 2.72 bits per heavy atom. The second kappa shape index (κ2) is 7.14. The number of likely N-dealkylation sites (tertiary alicyclic amines) is 1. The third-order valence-electron chi connectivity index (χ3n) is 4.45. The summed E-state index contributed by atoms with van der Waals surface area (Å²) in [5.74, 6) is -0.0510. The number of amides is 1. The Morgan fingerprint density at radius 1 is 1.32 bits per heavy atom. The molecule has 1 saturated heterocycles. The lowest BCUT2D eigenvalue weighted by Crippen LogP contribution is -2.31. The number of hydrogen-bond acceptors (Lipinski definition) is 5. The van der Waals surface area contributed by atoms with Crippen molar-refractivity contribution in [3.63, 3.8) is 0 Å². The van der Waals surface area contributed by atoms with Crippen LogP contribution in [0.25, 0.3) is 0 Å². The lowest BCUT2D eigenvalue weighted by atomic mass is 10.1. The molecule has 1 unspecified atom stereocenters. The third kappa shape index (κ3) is 3.46. The average Bonchev–Trinajstić information content (AvgIpc) is 3.10. The molecule has 0 bridgehead atoms. The van der Waals surface area contributed by atoms with Gasteiger partial charge in [-0.15, -0.1) is 5.10 Å². The monoisotopic (exact) mass is 344 g/mol. The summed E-state index contributed by atoms with van der Waals surface area (Å²) < 4.78 is 13.9. The highest BCUT2D eigenvalue weighted by molar-refractivity contribution is 5.94. The summed E-state index contributed by atoms with van der Waals surface area (Å²) in [4.78, 5) is 16.4. The minimum absolute atomic E-state index is 0.156. The maximum absolute atomic E-state index is 13.9. The molecule has 1 aromatic carbocycles. The van der Waals surface area contributed by atoms with E-state index in [1.54, 1.807) is 11.0 Å². The van der Waals surface area contributed by atoms with Crippen LogP contribution in [0, 0.1) is 5.82 Å². The molecule has 0 aliphatic carbocycles. The Morgan fingerprint density at radius 2 is 2.12 bits per heavy atom. The minimum atomic E-state index is -0.570. The minimum Gasteiger partial charge on any atom is -0.392 e. The Labute approximate surface area is 145 Å². The van der Waals surface area contributed by atoms with Crippen LogP contribution in [0.5, 0.6) is 0 Å². The van der Waals surface area contributed by atoms with Crippen LogP contribution in [-0.2, 0) is 6.61 Å². The van der Waals surface area contributed by atoms with Gasteiger partial charge in [-0.25, -0.2) is 4.39 Å². The predicted octanol–water partition coefficient (Wildman–Crippen LogP) is 2.15. The molecule has 1 atom stereocenters. The van der Waals surface area contributed by atoms with Crippen LogP contribution in [0.2, 0.25) is 0 Å². The van der Waals surface area contributed by atoms with Crippen LogP contribution >= 0.6 is 0 Å². The molecule has 2 heterocycles. The van der Waals surface area contributed by atoms with E-state index in [4.69, 9.17) is 5.11 Å². The van der Waals surface area contributed by atoms with Crippen LogP contribution in [0.15, 0.2) is 30.3 Å². The van der Waals surface area contributed by atoms with E-state index in [-0.39, 0.29) is 29.7 Å². The number of rotatable bonds is 4. The van der Waals surface area contributed by atoms with E-state index in [2.05, 4.69) is 10.2 Å². The van der Waals surface area contributed by atoms with E-state index in [9.17, 15) is 9.18 Å². The van der Waals surface area contributed by atoms with Gasteiger partial charge in [0.25, 0.3) is 5.91 Å². The molecule has 0 spiro atoms. The largest absolute Gasteiger partial charge is 0.392 e. The zero-order chi connectivity index (χ0) is 18.0. The van der Waals surface area contributed by atoms with Gasteiger partial charge in [0.05, 0.1) is 18.3 Å². The first-order chi connectivity index (χ1) is 12.0. The van der Waals surface area contributed by atoms with Gasteiger partial charge < -0.3 is 14.9 Å². The summed E-state index contributed by atoms with van der Waals surface area (Å²) in [7, 11) is 3.78. The fraction of sp³-hybridized carbons (Fsp3) is 0.389. The molecule has 6 nitrogen and oxygen atoms in total. The first kappa shape index (κ1) is 17.3. The van der Waals surface area contributed by atoms with Gasteiger partial charge in [0.2, 0.25) is 0 Å². The van der Waals surface area contributed by atoms with E-state index in [0.717, 1.165) is 24.4 Å². The van der Waals surface area contributed by atoms with E-state index in [1.807, 2.05) is 31.1 Å². The average molecular weight is 344 g/mol. The zero-order valence-electron chi connectivity index (χ0n) is 14.3. The van der Waals surface area contributed by atoms with Gasteiger partial charge in [-0.1, -0.05) is 6.07 Å². The summed E-state index contributed by atoms with van der Waals surface area (Å²) in [6.07, 6.45) is 1.67. The quantitative estimate of drug-likeness (QED) is 0.920. The van der Waals surface area contributed by atoms with Crippen LogP contribution in [0.4, 0.5) is 10.2 Å². The highest BCUT2D eigenvalue weighted by atomic mass is 19.1. The van der Waals surface area contributed by atoms with Crippen molar-refractivity contribution >= 4 is 11.7 Å². The summed E-state index contributed by atoms with van der Waals surface area (Å²) in [5, 5.41) is 17.5. The zero-order valence-corrected chi connectivity index (χ0v) is 14.3. The predicted molar refractivity (Wildman–Crippen MR) is 91.7 cm³/mol. The van der Waals surface area contributed by atoms with Crippen LogP contribution < -0.4 is 4.90 Å². The van der Waals surface area contributed by atoms with E-state index < -0.39 is 5.82 Å². The highest BCUT2D eigenvalue weighted by Gasteiger charge is 2.32. The lowest BCUT2D eigenvalue weighted by molar-refractivity contribution is 0.0731. The number of aromatic nitrogens is 2. The molecule has 25 heavy (non-hydrogen) atoms. The molecule has 1 amide bonds. The van der Waals surface area contributed by atoms with Crippen molar-refractivity contribution in [2.24, 2.45) is 0 Å². The van der Waals surface area contributed by atoms with Gasteiger partial charge >= 0.3 is 0 Å². The van der Waals surface area contributed by atoms with Crippen molar-refractivity contribution in [1.29, 1.82) is 0 Å².